The molecule has 1 aromatic carbocycles. The van der Waals surface area contributed by atoms with Crippen molar-refractivity contribution in [3.05, 3.63) is 42.2 Å². The molecule has 0 radical (unpaired) electrons. The Balaban J connectivity index is 1.63. The second-order valence-corrected chi connectivity index (χ2v) is 6.53. The monoisotopic (exact) mass is 382 g/mol. The second-order valence-electron chi connectivity index (χ2n) is 6.53. The van der Waals surface area contributed by atoms with Gasteiger partial charge in [-0.3, -0.25) is 9.59 Å². The number of fused-ring (bicyclic) bond motifs is 1. The summed E-state index contributed by atoms with van der Waals surface area (Å²) in [5, 5.41) is 18.0. The average Bonchev–Trinajstić information content (AvgIpc) is 3.01. The Kier molecular flexibility index (Phi) is 5.83. The van der Waals surface area contributed by atoms with Crippen molar-refractivity contribution >= 4 is 28.8 Å². The zero-order valence-electron chi connectivity index (χ0n) is 16.0. The van der Waals surface area contributed by atoms with Crippen LogP contribution in [0.3, 0.4) is 0 Å². The van der Waals surface area contributed by atoms with Gasteiger partial charge in [0, 0.05) is 37.2 Å². The van der Waals surface area contributed by atoms with E-state index in [-0.39, 0.29) is 24.3 Å². The molecule has 2 aromatic heterocycles. The Morgan fingerprint density at radius 2 is 1.86 bits per heavy atom. The fourth-order valence-electron chi connectivity index (χ4n) is 2.60. The summed E-state index contributed by atoms with van der Waals surface area (Å²) in [6.45, 7) is 5.27. The molecule has 28 heavy (non-hydrogen) atoms. The van der Waals surface area contributed by atoms with Crippen molar-refractivity contribution < 1.29 is 14.3 Å². The first-order valence-electron chi connectivity index (χ1n) is 8.96. The molecule has 0 aliphatic heterocycles. The third kappa shape index (κ3) is 5.03. The molecular weight excluding hydrogens is 360 g/mol. The van der Waals surface area contributed by atoms with E-state index in [1.807, 2.05) is 13.8 Å². The van der Waals surface area contributed by atoms with Crippen molar-refractivity contribution in [2.75, 3.05) is 10.6 Å². The molecule has 0 atom stereocenters. The molecule has 2 N–H and O–H groups in total. The third-order valence-corrected chi connectivity index (χ3v) is 3.70. The predicted molar refractivity (Wildman–Crippen MR) is 104 cm³/mol. The third-order valence-electron chi connectivity index (χ3n) is 3.70. The predicted octanol–water partition coefficient (Wildman–Crippen LogP) is 2.44. The van der Waals surface area contributed by atoms with Crippen molar-refractivity contribution in [3.8, 4) is 5.88 Å². The first kappa shape index (κ1) is 19.3. The Hall–Kier alpha value is -3.49. The van der Waals surface area contributed by atoms with Crippen LogP contribution in [-0.2, 0) is 16.0 Å². The van der Waals surface area contributed by atoms with E-state index in [0.29, 0.717) is 35.1 Å². The number of carbonyl (C=O) groups is 2. The van der Waals surface area contributed by atoms with E-state index < -0.39 is 0 Å². The largest absolute Gasteiger partial charge is 0.474 e. The fraction of sp³-hybridized carbons (Fsp3) is 0.316. The highest BCUT2D eigenvalue weighted by Gasteiger charge is 2.11. The molecule has 3 aromatic rings. The minimum absolute atomic E-state index is 0.00362. The molecule has 0 fully saturated rings. The lowest BCUT2D eigenvalue weighted by Gasteiger charge is -2.09. The normalized spacial score (nSPS) is 10.9. The number of carbonyl (C=O) groups excluding carboxylic acids is 2. The number of nitrogens with one attached hydrogen (secondary N) is 2. The molecule has 146 valence electrons. The van der Waals surface area contributed by atoms with Crippen molar-refractivity contribution in [1.82, 2.24) is 19.8 Å². The maximum Gasteiger partial charge on any atom is 0.232 e. The molecule has 9 heteroatoms. The van der Waals surface area contributed by atoms with Crippen LogP contribution >= 0.6 is 0 Å². The summed E-state index contributed by atoms with van der Waals surface area (Å²) in [5.74, 6) is 0.705. The molecule has 2 heterocycles. The number of ether oxygens (including phenoxy) is 1. The van der Waals surface area contributed by atoms with E-state index in [1.165, 1.54) is 6.92 Å². The first-order chi connectivity index (χ1) is 13.4. The van der Waals surface area contributed by atoms with Crippen LogP contribution in [0, 0.1) is 0 Å². The fourth-order valence-corrected chi connectivity index (χ4v) is 2.60. The zero-order chi connectivity index (χ0) is 20.1. The van der Waals surface area contributed by atoms with Crippen LogP contribution < -0.4 is 15.4 Å². The lowest BCUT2D eigenvalue weighted by molar-refractivity contribution is -0.116. The molecule has 2 amide bonds. The number of aryl methyl sites for hydroxylation is 1. The Morgan fingerprint density at radius 1 is 1.11 bits per heavy atom. The number of hydrogen-bond donors (Lipinski definition) is 2. The van der Waals surface area contributed by atoms with Gasteiger partial charge in [-0.15, -0.1) is 15.3 Å². The van der Waals surface area contributed by atoms with Gasteiger partial charge in [-0.2, -0.15) is 4.52 Å². The average molecular weight is 382 g/mol. The maximum atomic E-state index is 12.3. The van der Waals surface area contributed by atoms with Gasteiger partial charge in [0.05, 0.1) is 6.10 Å². The summed E-state index contributed by atoms with van der Waals surface area (Å²) >= 11 is 0. The number of benzene rings is 1. The molecule has 0 bridgehead atoms. The molecular formula is C19H22N6O3. The van der Waals surface area contributed by atoms with E-state index in [0.717, 1.165) is 0 Å². The smallest absolute Gasteiger partial charge is 0.232 e. The lowest BCUT2D eigenvalue weighted by atomic mass is 10.2. The number of amides is 2. The van der Waals surface area contributed by atoms with Gasteiger partial charge < -0.3 is 15.4 Å². The van der Waals surface area contributed by atoms with Crippen LogP contribution in [0.25, 0.3) is 5.65 Å². The highest BCUT2D eigenvalue weighted by atomic mass is 16.5. The maximum absolute atomic E-state index is 12.3. The van der Waals surface area contributed by atoms with Crippen molar-refractivity contribution in [1.29, 1.82) is 0 Å². The van der Waals surface area contributed by atoms with Crippen molar-refractivity contribution in [2.45, 2.75) is 39.7 Å². The van der Waals surface area contributed by atoms with Crippen LogP contribution in [0.1, 0.15) is 33.0 Å². The van der Waals surface area contributed by atoms with Crippen LogP contribution in [0.15, 0.2) is 36.4 Å². The minimum Gasteiger partial charge on any atom is -0.474 e. The zero-order valence-corrected chi connectivity index (χ0v) is 16.0. The number of nitrogens with zero attached hydrogens (tertiary/aromatic N) is 4. The Labute approximate surface area is 162 Å². The lowest BCUT2D eigenvalue weighted by Crippen LogP contribution is -2.14. The molecule has 0 spiro atoms. The quantitative estimate of drug-likeness (QED) is 0.649. The summed E-state index contributed by atoms with van der Waals surface area (Å²) in [6, 6.07) is 10.5. The van der Waals surface area contributed by atoms with Gasteiger partial charge in [-0.25, -0.2) is 0 Å². The molecule has 0 saturated heterocycles. The van der Waals surface area contributed by atoms with Crippen molar-refractivity contribution in [3.63, 3.8) is 0 Å². The van der Waals surface area contributed by atoms with Crippen molar-refractivity contribution in [2.24, 2.45) is 0 Å². The summed E-state index contributed by atoms with van der Waals surface area (Å²) in [5.41, 5.74) is 1.82. The second kappa shape index (κ2) is 8.47. The number of hydrogen-bond acceptors (Lipinski definition) is 6. The van der Waals surface area contributed by atoms with Crippen LogP contribution in [-0.4, -0.2) is 37.7 Å². The molecule has 0 aliphatic rings. The van der Waals surface area contributed by atoms with E-state index >= 15 is 0 Å². The molecule has 3 rings (SSSR count). The number of aromatic nitrogens is 4. The highest BCUT2D eigenvalue weighted by molar-refractivity contribution is 5.93. The molecule has 0 unspecified atom stereocenters. The minimum atomic E-state index is -0.175. The summed E-state index contributed by atoms with van der Waals surface area (Å²) in [6.07, 6.45) is 0.586. The van der Waals surface area contributed by atoms with Crippen LogP contribution in [0.4, 0.5) is 11.4 Å². The van der Waals surface area contributed by atoms with Crippen LogP contribution in [0.5, 0.6) is 5.88 Å². The number of rotatable bonds is 7. The highest BCUT2D eigenvalue weighted by Crippen LogP contribution is 2.16. The summed E-state index contributed by atoms with van der Waals surface area (Å²) in [7, 11) is 0. The Bertz CT molecular complexity index is 998. The van der Waals surface area contributed by atoms with Gasteiger partial charge >= 0.3 is 0 Å². The van der Waals surface area contributed by atoms with Gasteiger partial charge in [0.1, 0.15) is 0 Å². The van der Waals surface area contributed by atoms with E-state index in [4.69, 9.17) is 4.74 Å². The Morgan fingerprint density at radius 3 is 2.57 bits per heavy atom. The van der Waals surface area contributed by atoms with E-state index in [1.54, 1.807) is 40.9 Å². The topological polar surface area (TPSA) is 111 Å². The molecule has 0 saturated carbocycles. The van der Waals surface area contributed by atoms with Gasteiger partial charge in [0.2, 0.25) is 17.7 Å². The molecule has 0 aliphatic carbocycles. The standard InChI is InChI=1S/C19H22N6O3/c1-12(2)28-19-10-8-17-23-22-16(25(17)24-19)7-9-18(27)21-15-6-4-5-14(11-15)20-13(3)26/h4-6,8,10-12H,7,9H2,1-3H3,(H,20,26)(H,21,27). The van der Waals surface area contributed by atoms with Gasteiger partial charge in [-0.05, 0) is 38.1 Å². The SMILES string of the molecule is CC(=O)Nc1cccc(NC(=O)CCc2nnc3ccc(OC(C)C)nn23)c1. The van der Waals surface area contributed by atoms with Gasteiger partial charge in [0.25, 0.3) is 0 Å². The summed E-state index contributed by atoms with van der Waals surface area (Å²) < 4.78 is 7.18. The van der Waals surface area contributed by atoms with Crippen LogP contribution in [0.2, 0.25) is 0 Å². The first-order valence-corrected chi connectivity index (χ1v) is 8.96. The van der Waals surface area contributed by atoms with Gasteiger partial charge in [0.15, 0.2) is 11.5 Å². The van der Waals surface area contributed by atoms with E-state index in [9.17, 15) is 9.59 Å². The number of anilines is 2. The summed E-state index contributed by atoms with van der Waals surface area (Å²) in [4.78, 5) is 23.4. The molecule has 9 nitrogen and oxygen atoms in total. The van der Waals surface area contributed by atoms with Gasteiger partial charge in [-0.1, -0.05) is 6.07 Å². The van der Waals surface area contributed by atoms with E-state index in [2.05, 4.69) is 25.9 Å².